The quantitative estimate of drug-likeness (QED) is 0.813. The fourth-order valence-corrected chi connectivity index (χ4v) is 4.04. The lowest BCUT2D eigenvalue weighted by atomic mass is 9.92. The summed E-state index contributed by atoms with van der Waals surface area (Å²) in [6.07, 6.45) is 5.80. The molecule has 0 aromatic heterocycles. The minimum Gasteiger partial charge on any atom is -0.395 e. The molecule has 5 heteroatoms. The zero-order valence-corrected chi connectivity index (χ0v) is 12.4. The second-order valence-electron chi connectivity index (χ2n) is 5.01. The lowest BCUT2D eigenvalue weighted by Crippen LogP contribution is -2.33. The van der Waals surface area contributed by atoms with Gasteiger partial charge in [0, 0.05) is 13.1 Å². The summed E-state index contributed by atoms with van der Waals surface area (Å²) in [6, 6.07) is 5.39. The van der Waals surface area contributed by atoms with Crippen LogP contribution in [-0.2, 0) is 22.9 Å². The highest BCUT2D eigenvalue weighted by Gasteiger charge is 2.24. The van der Waals surface area contributed by atoms with Gasteiger partial charge in [-0.05, 0) is 48.9 Å². The Morgan fingerprint density at radius 2 is 1.95 bits per heavy atom. The first-order valence-electron chi connectivity index (χ1n) is 6.93. The zero-order chi connectivity index (χ0) is 14.6. The second kappa shape index (κ2) is 6.52. The van der Waals surface area contributed by atoms with Gasteiger partial charge in [0.15, 0.2) is 0 Å². The van der Waals surface area contributed by atoms with Gasteiger partial charge in [0.1, 0.15) is 0 Å². The van der Waals surface area contributed by atoms with Gasteiger partial charge in [-0.2, -0.15) is 4.31 Å². The molecule has 0 bridgehead atoms. The molecule has 2 rings (SSSR count). The van der Waals surface area contributed by atoms with Crippen molar-refractivity contribution in [2.45, 2.75) is 30.6 Å². The summed E-state index contributed by atoms with van der Waals surface area (Å²) in [5.41, 5.74) is 2.40. The third-order valence-electron chi connectivity index (χ3n) is 3.64. The zero-order valence-electron chi connectivity index (χ0n) is 11.6. The van der Waals surface area contributed by atoms with Crippen molar-refractivity contribution in [1.29, 1.82) is 0 Å². The standard InChI is InChI=1S/C15H21NO3S/c1-2-9-16(10-11-17)20(18,19)15-8-7-13-5-3-4-6-14(13)12-15/h2,7-8,12,17H,1,3-6,9-11H2. The highest BCUT2D eigenvalue weighted by atomic mass is 32.2. The topological polar surface area (TPSA) is 57.6 Å². The highest BCUT2D eigenvalue weighted by molar-refractivity contribution is 7.89. The van der Waals surface area contributed by atoms with E-state index in [1.165, 1.54) is 22.4 Å². The summed E-state index contributed by atoms with van der Waals surface area (Å²) < 4.78 is 26.4. The number of aliphatic hydroxyl groups excluding tert-OH is 1. The molecule has 0 saturated carbocycles. The molecule has 0 spiro atoms. The molecule has 0 amide bonds. The molecule has 0 aliphatic heterocycles. The van der Waals surface area contributed by atoms with Gasteiger partial charge in [-0.15, -0.1) is 6.58 Å². The third-order valence-corrected chi connectivity index (χ3v) is 5.50. The smallest absolute Gasteiger partial charge is 0.243 e. The predicted octanol–water partition coefficient (Wildman–Crippen LogP) is 1.73. The summed E-state index contributed by atoms with van der Waals surface area (Å²) in [5.74, 6) is 0. The van der Waals surface area contributed by atoms with Crippen LogP contribution >= 0.6 is 0 Å². The number of rotatable bonds is 6. The molecule has 4 nitrogen and oxygen atoms in total. The third kappa shape index (κ3) is 3.11. The van der Waals surface area contributed by atoms with Gasteiger partial charge in [-0.3, -0.25) is 0 Å². The van der Waals surface area contributed by atoms with Crippen molar-refractivity contribution in [3.63, 3.8) is 0 Å². The lowest BCUT2D eigenvalue weighted by Gasteiger charge is -2.22. The monoisotopic (exact) mass is 295 g/mol. The molecule has 0 heterocycles. The summed E-state index contributed by atoms with van der Waals surface area (Å²) in [5, 5.41) is 9.03. The molecule has 0 atom stereocenters. The van der Waals surface area contributed by atoms with Crippen LogP contribution in [0.4, 0.5) is 0 Å². The fraction of sp³-hybridized carbons (Fsp3) is 0.467. The van der Waals surface area contributed by atoms with Crippen LogP contribution in [0.2, 0.25) is 0 Å². The van der Waals surface area contributed by atoms with Crippen LogP contribution in [0.25, 0.3) is 0 Å². The van der Waals surface area contributed by atoms with Crippen molar-refractivity contribution in [3.8, 4) is 0 Å². The molecular weight excluding hydrogens is 274 g/mol. The van der Waals surface area contributed by atoms with Gasteiger partial charge >= 0.3 is 0 Å². The number of fused-ring (bicyclic) bond motifs is 1. The first-order chi connectivity index (χ1) is 9.59. The van der Waals surface area contributed by atoms with Crippen molar-refractivity contribution in [2.75, 3.05) is 19.7 Å². The van der Waals surface area contributed by atoms with Crippen molar-refractivity contribution in [1.82, 2.24) is 4.31 Å². The van der Waals surface area contributed by atoms with Crippen LogP contribution in [0.3, 0.4) is 0 Å². The van der Waals surface area contributed by atoms with Crippen molar-refractivity contribution in [2.24, 2.45) is 0 Å². The molecule has 1 aliphatic carbocycles. The van der Waals surface area contributed by atoms with Crippen molar-refractivity contribution in [3.05, 3.63) is 42.0 Å². The van der Waals surface area contributed by atoms with Gasteiger partial charge in [0.05, 0.1) is 11.5 Å². The second-order valence-corrected chi connectivity index (χ2v) is 6.95. The molecular formula is C15H21NO3S. The van der Waals surface area contributed by atoms with E-state index in [0.717, 1.165) is 24.8 Å². The largest absolute Gasteiger partial charge is 0.395 e. The van der Waals surface area contributed by atoms with Crippen LogP contribution in [0.1, 0.15) is 24.0 Å². The Balaban J connectivity index is 2.35. The summed E-state index contributed by atoms with van der Waals surface area (Å²) >= 11 is 0. The summed E-state index contributed by atoms with van der Waals surface area (Å²) in [4.78, 5) is 0.313. The average molecular weight is 295 g/mol. The molecule has 20 heavy (non-hydrogen) atoms. The first-order valence-corrected chi connectivity index (χ1v) is 8.37. The van der Waals surface area contributed by atoms with Crippen LogP contribution in [0.5, 0.6) is 0 Å². The number of benzene rings is 1. The van der Waals surface area contributed by atoms with E-state index in [1.54, 1.807) is 12.1 Å². The van der Waals surface area contributed by atoms with E-state index in [1.807, 2.05) is 6.07 Å². The summed E-state index contributed by atoms with van der Waals surface area (Å²) in [7, 11) is -3.56. The van der Waals surface area contributed by atoms with Crippen LogP contribution in [-0.4, -0.2) is 37.5 Å². The van der Waals surface area contributed by atoms with E-state index in [4.69, 9.17) is 5.11 Å². The maximum absolute atomic E-state index is 12.6. The van der Waals surface area contributed by atoms with Crippen molar-refractivity contribution < 1.29 is 13.5 Å². The molecule has 0 saturated heterocycles. The predicted molar refractivity (Wildman–Crippen MR) is 79.1 cm³/mol. The Labute approximate surface area is 120 Å². The number of sulfonamides is 1. The Hall–Kier alpha value is -1.17. The molecule has 0 unspecified atom stereocenters. The van der Waals surface area contributed by atoms with E-state index in [2.05, 4.69) is 6.58 Å². The minimum absolute atomic E-state index is 0.0887. The van der Waals surface area contributed by atoms with E-state index in [9.17, 15) is 8.42 Å². The number of aryl methyl sites for hydroxylation is 2. The minimum atomic E-state index is -3.56. The molecule has 1 aromatic rings. The SMILES string of the molecule is C=CCN(CCO)S(=O)(=O)c1ccc2c(c1)CCCC2. The number of hydrogen-bond donors (Lipinski definition) is 1. The molecule has 1 N–H and O–H groups in total. The summed E-state index contributed by atoms with van der Waals surface area (Å²) in [6.45, 7) is 3.67. The van der Waals surface area contributed by atoms with Gasteiger partial charge in [-0.1, -0.05) is 12.1 Å². The maximum Gasteiger partial charge on any atom is 0.243 e. The molecule has 0 fully saturated rings. The van der Waals surface area contributed by atoms with Gasteiger partial charge in [0.2, 0.25) is 10.0 Å². The Kier molecular flexibility index (Phi) is 4.96. The molecule has 1 aliphatic rings. The van der Waals surface area contributed by atoms with Crippen LogP contribution in [0.15, 0.2) is 35.7 Å². The van der Waals surface area contributed by atoms with E-state index >= 15 is 0 Å². The van der Waals surface area contributed by atoms with Gasteiger partial charge in [-0.25, -0.2) is 8.42 Å². The molecule has 110 valence electrons. The lowest BCUT2D eigenvalue weighted by molar-refractivity contribution is 0.260. The Bertz CT molecular complexity index is 581. The van der Waals surface area contributed by atoms with E-state index in [-0.39, 0.29) is 19.7 Å². The highest BCUT2D eigenvalue weighted by Crippen LogP contribution is 2.25. The number of hydrogen-bond acceptors (Lipinski definition) is 3. The molecule has 0 radical (unpaired) electrons. The first kappa shape index (κ1) is 15.2. The van der Waals surface area contributed by atoms with E-state index < -0.39 is 10.0 Å². The number of nitrogens with zero attached hydrogens (tertiary/aromatic N) is 1. The van der Waals surface area contributed by atoms with E-state index in [0.29, 0.717) is 4.90 Å². The van der Waals surface area contributed by atoms with Crippen LogP contribution in [0, 0.1) is 0 Å². The maximum atomic E-state index is 12.6. The number of aliphatic hydroxyl groups is 1. The fourth-order valence-electron chi connectivity index (χ4n) is 2.58. The van der Waals surface area contributed by atoms with Gasteiger partial charge in [0.25, 0.3) is 0 Å². The normalized spacial score (nSPS) is 15.1. The van der Waals surface area contributed by atoms with Crippen LogP contribution < -0.4 is 0 Å². The van der Waals surface area contributed by atoms with Crippen molar-refractivity contribution >= 4 is 10.0 Å². The Morgan fingerprint density at radius 3 is 2.60 bits per heavy atom. The van der Waals surface area contributed by atoms with Gasteiger partial charge < -0.3 is 5.11 Å². The Morgan fingerprint density at radius 1 is 1.25 bits per heavy atom. The molecule has 1 aromatic carbocycles. The average Bonchev–Trinajstić information content (AvgIpc) is 2.46.